The molecule has 1 aliphatic heterocycles. The van der Waals surface area contributed by atoms with E-state index in [1.807, 2.05) is 0 Å². The van der Waals surface area contributed by atoms with Gasteiger partial charge in [-0.2, -0.15) is 0 Å². The minimum Gasteiger partial charge on any atom is -0.442 e. The lowest BCUT2D eigenvalue weighted by Gasteiger charge is -2.36. The number of amides is 4. The third kappa shape index (κ3) is 4.71. The molecular weight excluding hydrogens is 292 g/mol. The molecule has 0 spiro atoms. The summed E-state index contributed by atoms with van der Waals surface area (Å²) >= 11 is 0. The van der Waals surface area contributed by atoms with Crippen LogP contribution in [-0.2, 0) is 19.1 Å². The zero-order valence-corrected chi connectivity index (χ0v) is 13.8. The van der Waals surface area contributed by atoms with E-state index >= 15 is 0 Å². The fraction of sp³-hybridized carbons (Fsp3) is 0.714. The molecule has 1 fully saturated rings. The van der Waals surface area contributed by atoms with Crippen molar-refractivity contribution in [3.05, 3.63) is 0 Å². The second-order valence-corrected chi connectivity index (χ2v) is 6.87. The van der Waals surface area contributed by atoms with Crippen molar-refractivity contribution >= 4 is 24.0 Å². The second kappa shape index (κ2) is 5.94. The van der Waals surface area contributed by atoms with Gasteiger partial charge in [-0.3, -0.25) is 9.59 Å². The van der Waals surface area contributed by atoms with E-state index in [1.165, 1.54) is 0 Å². The zero-order chi connectivity index (χ0) is 17.3. The van der Waals surface area contributed by atoms with Crippen LogP contribution in [0.15, 0.2) is 0 Å². The van der Waals surface area contributed by atoms with Gasteiger partial charge in [0.15, 0.2) is 0 Å². The topological polar surface area (TPSA) is 93.2 Å². The van der Waals surface area contributed by atoms with Gasteiger partial charge in [0.05, 0.1) is 0 Å². The Bertz CT molecular complexity index is 454. The van der Waals surface area contributed by atoms with E-state index in [-0.39, 0.29) is 12.8 Å². The maximum atomic E-state index is 12.1. The molecule has 8 nitrogen and oxygen atoms in total. The third-order valence-corrected chi connectivity index (χ3v) is 2.36. The van der Waals surface area contributed by atoms with Crippen molar-refractivity contribution in [1.82, 2.24) is 10.0 Å². The summed E-state index contributed by atoms with van der Waals surface area (Å²) < 4.78 is 10.1. The molecule has 0 atom stereocenters. The summed E-state index contributed by atoms with van der Waals surface area (Å²) in [5.74, 6) is -1.39. The summed E-state index contributed by atoms with van der Waals surface area (Å²) in [7, 11) is 0. The molecule has 0 aromatic heterocycles. The van der Waals surface area contributed by atoms with E-state index in [0.29, 0.717) is 10.0 Å². The molecule has 0 aromatic rings. The van der Waals surface area contributed by atoms with Crippen molar-refractivity contribution in [1.29, 1.82) is 0 Å². The Balaban J connectivity index is 3.07. The van der Waals surface area contributed by atoms with E-state index in [4.69, 9.17) is 9.47 Å². The first kappa shape index (κ1) is 17.9. The van der Waals surface area contributed by atoms with Crippen LogP contribution >= 0.6 is 0 Å². The van der Waals surface area contributed by atoms with Gasteiger partial charge in [0, 0.05) is 12.8 Å². The van der Waals surface area contributed by atoms with Gasteiger partial charge in [0.25, 0.3) is 11.8 Å². The molecular formula is C14H22N2O6. The lowest BCUT2D eigenvalue weighted by molar-refractivity contribution is -0.165. The number of hydrazine groups is 1. The first-order valence-electron chi connectivity index (χ1n) is 6.93. The molecule has 1 heterocycles. The van der Waals surface area contributed by atoms with Gasteiger partial charge in [0.1, 0.15) is 11.2 Å². The molecule has 22 heavy (non-hydrogen) atoms. The van der Waals surface area contributed by atoms with Crippen LogP contribution in [0.2, 0.25) is 0 Å². The highest BCUT2D eigenvalue weighted by atomic mass is 16.6. The van der Waals surface area contributed by atoms with Gasteiger partial charge in [-0.25, -0.2) is 9.59 Å². The van der Waals surface area contributed by atoms with Crippen LogP contribution in [0, 0.1) is 0 Å². The Morgan fingerprint density at radius 2 is 1.05 bits per heavy atom. The molecule has 124 valence electrons. The smallest absolute Gasteiger partial charge is 0.437 e. The van der Waals surface area contributed by atoms with Crippen molar-refractivity contribution in [2.24, 2.45) is 0 Å². The molecule has 0 aromatic carbocycles. The van der Waals surface area contributed by atoms with Gasteiger partial charge in [-0.05, 0) is 41.5 Å². The Morgan fingerprint density at radius 3 is 1.27 bits per heavy atom. The number of carbonyl (C=O) groups is 4. The fourth-order valence-corrected chi connectivity index (χ4v) is 1.63. The summed E-state index contributed by atoms with van der Waals surface area (Å²) in [5, 5.41) is 0.816. The molecule has 1 saturated heterocycles. The molecule has 1 rings (SSSR count). The van der Waals surface area contributed by atoms with E-state index in [2.05, 4.69) is 0 Å². The summed E-state index contributed by atoms with van der Waals surface area (Å²) in [6.07, 6.45) is -2.51. The second-order valence-electron chi connectivity index (χ2n) is 6.87. The number of ether oxygens (including phenoxy) is 2. The lowest BCUT2D eigenvalue weighted by atomic mass is 10.2. The Hall–Kier alpha value is -2.12. The Labute approximate surface area is 129 Å². The normalized spacial score (nSPS) is 16.6. The summed E-state index contributed by atoms with van der Waals surface area (Å²) in [5.41, 5.74) is -1.76. The SMILES string of the molecule is CC(C)(C)OC(=O)N1C(=O)CCC(=O)N1C(=O)OC(C)(C)C. The number of hydrogen-bond donors (Lipinski definition) is 0. The molecule has 0 saturated carbocycles. The number of nitrogens with zero attached hydrogens (tertiary/aromatic N) is 2. The lowest BCUT2D eigenvalue weighted by Crippen LogP contribution is -2.60. The summed E-state index contributed by atoms with van der Waals surface area (Å²) in [6.45, 7) is 9.66. The van der Waals surface area contributed by atoms with Gasteiger partial charge in [0.2, 0.25) is 0 Å². The van der Waals surface area contributed by atoms with Crippen molar-refractivity contribution in [2.75, 3.05) is 0 Å². The van der Waals surface area contributed by atoms with Crippen LogP contribution < -0.4 is 0 Å². The quantitative estimate of drug-likeness (QED) is 0.680. The third-order valence-electron chi connectivity index (χ3n) is 2.36. The highest BCUT2D eigenvalue weighted by molar-refractivity contribution is 6.04. The van der Waals surface area contributed by atoms with Crippen LogP contribution in [0.3, 0.4) is 0 Å². The van der Waals surface area contributed by atoms with Gasteiger partial charge in [-0.1, -0.05) is 0 Å². The van der Waals surface area contributed by atoms with Crippen LogP contribution in [0.1, 0.15) is 54.4 Å². The van der Waals surface area contributed by atoms with Crippen molar-refractivity contribution in [3.8, 4) is 0 Å². The minimum atomic E-state index is -1.09. The predicted molar refractivity (Wildman–Crippen MR) is 75.4 cm³/mol. The standard InChI is InChI=1S/C14H22N2O6/c1-13(2,3)21-11(19)15-9(17)7-8-10(18)16(15)12(20)22-14(4,5)6/h7-8H2,1-6H3. The summed E-state index contributed by atoms with van der Waals surface area (Å²) in [6, 6.07) is 0. The average Bonchev–Trinajstić information content (AvgIpc) is 2.26. The van der Waals surface area contributed by atoms with Crippen LogP contribution in [0.25, 0.3) is 0 Å². The van der Waals surface area contributed by atoms with Gasteiger partial charge in [-0.15, -0.1) is 10.0 Å². The zero-order valence-electron chi connectivity index (χ0n) is 13.8. The van der Waals surface area contributed by atoms with E-state index in [1.54, 1.807) is 41.5 Å². The highest BCUT2D eigenvalue weighted by Crippen LogP contribution is 2.21. The molecule has 4 amide bonds. The van der Waals surface area contributed by atoms with E-state index < -0.39 is 35.2 Å². The van der Waals surface area contributed by atoms with Crippen molar-refractivity contribution < 1.29 is 28.7 Å². The first-order valence-corrected chi connectivity index (χ1v) is 6.93. The molecule has 0 aliphatic carbocycles. The number of imide groups is 2. The van der Waals surface area contributed by atoms with Gasteiger partial charge < -0.3 is 9.47 Å². The maximum absolute atomic E-state index is 12.1. The first-order chi connectivity index (χ1) is 9.82. The fourth-order valence-electron chi connectivity index (χ4n) is 1.63. The van der Waals surface area contributed by atoms with Crippen LogP contribution in [-0.4, -0.2) is 45.2 Å². The highest BCUT2D eigenvalue weighted by Gasteiger charge is 2.44. The minimum absolute atomic E-state index is 0.169. The number of carbonyl (C=O) groups excluding carboxylic acids is 4. The molecule has 8 heteroatoms. The van der Waals surface area contributed by atoms with Crippen LogP contribution in [0.4, 0.5) is 9.59 Å². The van der Waals surface area contributed by atoms with Crippen molar-refractivity contribution in [2.45, 2.75) is 65.6 Å². The average molecular weight is 314 g/mol. The van der Waals surface area contributed by atoms with E-state index in [0.717, 1.165) is 0 Å². The van der Waals surface area contributed by atoms with E-state index in [9.17, 15) is 19.2 Å². The molecule has 0 unspecified atom stereocenters. The number of hydrogen-bond acceptors (Lipinski definition) is 6. The predicted octanol–water partition coefficient (Wildman–Crippen LogP) is 2.22. The molecule has 1 aliphatic rings. The van der Waals surface area contributed by atoms with Crippen molar-refractivity contribution in [3.63, 3.8) is 0 Å². The van der Waals surface area contributed by atoms with Crippen LogP contribution in [0.5, 0.6) is 0 Å². The maximum Gasteiger partial charge on any atom is 0.437 e. The molecule has 0 radical (unpaired) electrons. The monoisotopic (exact) mass is 314 g/mol. The molecule has 0 N–H and O–H groups in total. The Kier molecular flexibility index (Phi) is 4.84. The Morgan fingerprint density at radius 1 is 0.773 bits per heavy atom. The summed E-state index contributed by atoms with van der Waals surface area (Å²) in [4.78, 5) is 48.2. The molecule has 0 bridgehead atoms. The largest absolute Gasteiger partial charge is 0.442 e. The van der Waals surface area contributed by atoms with Gasteiger partial charge >= 0.3 is 12.2 Å². The number of rotatable bonds is 0.